The number of rotatable bonds is 8. The van der Waals surface area contributed by atoms with Gasteiger partial charge in [-0.25, -0.2) is 4.79 Å². The van der Waals surface area contributed by atoms with Crippen LogP contribution in [0.1, 0.15) is 35.0 Å². The Bertz CT molecular complexity index is 1260. The van der Waals surface area contributed by atoms with Crippen molar-refractivity contribution >= 4 is 46.5 Å². The third-order valence-electron chi connectivity index (χ3n) is 5.73. The van der Waals surface area contributed by atoms with E-state index in [2.05, 4.69) is 10.3 Å². The minimum atomic E-state index is -0.792. The van der Waals surface area contributed by atoms with Crippen LogP contribution in [0.5, 0.6) is 0 Å². The standard InChI is InChI=1S/C27H26N4O4S/c1-3-35-26(34)19-9-11-20(12-10-19)29-24(32)16-23-25(33)31(22-13-7-18(2)8-14-22)27(36)30(23)17-21-6-4-5-15-28-21/h4-15,23H,3,16-17H2,1-2H3,(H,29,32)/t23-/m0/s1. The van der Waals surface area contributed by atoms with Crippen molar-refractivity contribution in [2.75, 3.05) is 16.8 Å². The molecule has 8 nitrogen and oxygen atoms in total. The summed E-state index contributed by atoms with van der Waals surface area (Å²) in [4.78, 5) is 45.9. The number of anilines is 2. The minimum absolute atomic E-state index is 0.103. The van der Waals surface area contributed by atoms with Gasteiger partial charge in [0.2, 0.25) is 5.91 Å². The number of benzene rings is 2. The Morgan fingerprint density at radius 1 is 1.06 bits per heavy atom. The van der Waals surface area contributed by atoms with Gasteiger partial charge in [0.25, 0.3) is 5.91 Å². The van der Waals surface area contributed by atoms with E-state index < -0.39 is 12.0 Å². The van der Waals surface area contributed by atoms with E-state index in [1.807, 2.05) is 49.4 Å². The van der Waals surface area contributed by atoms with Crippen molar-refractivity contribution in [1.82, 2.24) is 9.88 Å². The average molecular weight is 503 g/mol. The van der Waals surface area contributed by atoms with Crippen molar-refractivity contribution in [3.05, 3.63) is 89.7 Å². The van der Waals surface area contributed by atoms with Crippen molar-refractivity contribution in [1.29, 1.82) is 0 Å². The van der Waals surface area contributed by atoms with E-state index in [4.69, 9.17) is 17.0 Å². The van der Waals surface area contributed by atoms with Crippen molar-refractivity contribution in [3.63, 3.8) is 0 Å². The molecule has 1 atom stereocenters. The van der Waals surface area contributed by atoms with E-state index in [-0.39, 0.29) is 24.8 Å². The van der Waals surface area contributed by atoms with Crippen molar-refractivity contribution < 1.29 is 19.1 Å². The third-order valence-corrected chi connectivity index (χ3v) is 6.14. The smallest absolute Gasteiger partial charge is 0.338 e. The maximum absolute atomic E-state index is 13.5. The van der Waals surface area contributed by atoms with Crippen molar-refractivity contribution in [2.45, 2.75) is 32.9 Å². The molecule has 0 bridgehead atoms. The lowest BCUT2D eigenvalue weighted by atomic mass is 10.1. The first-order valence-corrected chi connectivity index (χ1v) is 12.0. The summed E-state index contributed by atoms with van der Waals surface area (Å²) < 4.78 is 4.98. The molecule has 1 aromatic heterocycles. The molecule has 1 fully saturated rings. The summed E-state index contributed by atoms with van der Waals surface area (Å²) in [6.07, 6.45) is 1.57. The topological polar surface area (TPSA) is 91.8 Å². The van der Waals surface area contributed by atoms with Gasteiger partial charge in [0, 0.05) is 11.9 Å². The Balaban J connectivity index is 1.53. The number of amides is 2. The van der Waals surface area contributed by atoms with Crippen molar-refractivity contribution in [2.24, 2.45) is 0 Å². The number of hydrogen-bond acceptors (Lipinski definition) is 6. The monoisotopic (exact) mass is 502 g/mol. The average Bonchev–Trinajstić information content (AvgIpc) is 3.09. The van der Waals surface area contributed by atoms with E-state index >= 15 is 0 Å². The summed E-state index contributed by atoms with van der Waals surface area (Å²) in [6, 6.07) is 18.6. The first kappa shape index (κ1) is 25.0. The molecule has 1 aliphatic rings. The third kappa shape index (κ3) is 5.58. The molecule has 1 aliphatic heterocycles. The van der Waals surface area contributed by atoms with Crippen LogP contribution in [-0.4, -0.2) is 45.4 Å². The zero-order valence-corrected chi connectivity index (χ0v) is 20.8. The lowest BCUT2D eigenvalue weighted by Crippen LogP contribution is -2.37. The van der Waals surface area contributed by atoms with E-state index in [9.17, 15) is 14.4 Å². The fourth-order valence-corrected chi connectivity index (χ4v) is 4.29. The molecule has 2 amide bonds. The summed E-state index contributed by atoms with van der Waals surface area (Å²) in [7, 11) is 0. The molecule has 2 heterocycles. The Hall–Kier alpha value is -4.11. The highest BCUT2D eigenvalue weighted by molar-refractivity contribution is 7.80. The predicted molar refractivity (Wildman–Crippen MR) is 140 cm³/mol. The SMILES string of the molecule is CCOC(=O)c1ccc(NC(=O)C[C@H]2C(=O)N(c3ccc(C)cc3)C(=S)N2Cc2ccccn2)cc1. The van der Waals surface area contributed by atoms with Gasteiger partial charge in [0.15, 0.2) is 5.11 Å². The van der Waals surface area contributed by atoms with E-state index in [1.54, 1.807) is 42.3 Å². The Morgan fingerprint density at radius 2 is 1.78 bits per heavy atom. The molecule has 1 N–H and O–H groups in total. The van der Waals surface area contributed by atoms with Crippen LogP contribution in [0.3, 0.4) is 0 Å². The zero-order valence-electron chi connectivity index (χ0n) is 20.0. The molecule has 36 heavy (non-hydrogen) atoms. The number of aryl methyl sites for hydroxylation is 1. The van der Waals surface area contributed by atoms with Gasteiger partial charge in [-0.05, 0) is 74.6 Å². The highest BCUT2D eigenvalue weighted by Crippen LogP contribution is 2.29. The summed E-state index contributed by atoms with van der Waals surface area (Å²) in [5.41, 5.74) is 3.35. The lowest BCUT2D eigenvalue weighted by Gasteiger charge is -2.23. The van der Waals surface area contributed by atoms with Gasteiger partial charge in [-0.15, -0.1) is 0 Å². The van der Waals surface area contributed by atoms with Crippen LogP contribution in [0, 0.1) is 6.92 Å². The fourth-order valence-electron chi connectivity index (χ4n) is 3.90. The van der Waals surface area contributed by atoms with E-state index in [1.165, 1.54) is 4.90 Å². The van der Waals surface area contributed by atoms with Gasteiger partial charge in [-0.2, -0.15) is 0 Å². The molecular formula is C27H26N4O4S. The minimum Gasteiger partial charge on any atom is -0.462 e. The van der Waals surface area contributed by atoms with Crippen LogP contribution in [0.15, 0.2) is 72.9 Å². The number of nitrogens with one attached hydrogen (secondary N) is 1. The molecule has 0 unspecified atom stereocenters. The first-order valence-electron chi connectivity index (χ1n) is 11.6. The molecule has 0 aliphatic carbocycles. The van der Waals surface area contributed by atoms with Gasteiger partial charge in [-0.3, -0.25) is 19.5 Å². The first-order chi connectivity index (χ1) is 17.4. The number of esters is 1. The number of nitrogens with zero attached hydrogens (tertiary/aromatic N) is 3. The molecule has 9 heteroatoms. The number of carbonyl (C=O) groups is 3. The maximum Gasteiger partial charge on any atom is 0.338 e. The second kappa shape index (κ2) is 11.1. The summed E-state index contributed by atoms with van der Waals surface area (Å²) in [5, 5.41) is 3.13. The van der Waals surface area contributed by atoms with Crippen LogP contribution >= 0.6 is 12.2 Å². The number of aromatic nitrogens is 1. The van der Waals surface area contributed by atoms with Gasteiger partial charge in [0.05, 0.1) is 36.5 Å². The number of pyridine rings is 1. The summed E-state index contributed by atoms with van der Waals surface area (Å²) >= 11 is 5.70. The Labute approximate surface area is 214 Å². The largest absolute Gasteiger partial charge is 0.462 e. The molecule has 0 spiro atoms. The molecule has 0 radical (unpaired) electrons. The molecule has 2 aromatic carbocycles. The molecule has 184 valence electrons. The van der Waals surface area contributed by atoms with Gasteiger partial charge < -0.3 is 15.0 Å². The van der Waals surface area contributed by atoms with Crippen molar-refractivity contribution in [3.8, 4) is 0 Å². The lowest BCUT2D eigenvalue weighted by molar-refractivity contribution is -0.124. The Morgan fingerprint density at radius 3 is 2.42 bits per heavy atom. The second-order valence-electron chi connectivity index (χ2n) is 8.31. The van der Waals surface area contributed by atoms with Crippen LogP contribution in [-0.2, 0) is 20.9 Å². The number of carbonyl (C=O) groups excluding carboxylic acids is 3. The van der Waals surface area contributed by atoms with Crippen LogP contribution in [0.4, 0.5) is 11.4 Å². The maximum atomic E-state index is 13.5. The number of hydrogen-bond donors (Lipinski definition) is 1. The Kier molecular flexibility index (Phi) is 7.70. The number of ether oxygens (including phenoxy) is 1. The van der Waals surface area contributed by atoms with Gasteiger partial charge in [0.1, 0.15) is 6.04 Å². The van der Waals surface area contributed by atoms with Gasteiger partial charge in [-0.1, -0.05) is 23.8 Å². The summed E-state index contributed by atoms with van der Waals surface area (Å²) in [5.74, 6) is -1.05. The highest BCUT2D eigenvalue weighted by Gasteiger charge is 2.44. The fraction of sp³-hybridized carbons (Fsp3) is 0.222. The quantitative estimate of drug-likeness (QED) is 0.366. The predicted octanol–water partition coefficient (Wildman–Crippen LogP) is 4.10. The molecule has 1 saturated heterocycles. The van der Waals surface area contributed by atoms with Crippen LogP contribution < -0.4 is 10.2 Å². The van der Waals surface area contributed by atoms with Crippen LogP contribution in [0.2, 0.25) is 0 Å². The molecule has 0 saturated carbocycles. The number of thiocarbonyl (C=S) groups is 1. The molecule has 3 aromatic rings. The molecule has 4 rings (SSSR count). The zero-order chi connectivity index (χ0) is 25.7. The van der Waals surface area contributed by atoms with E-state index in [0.717, 1.165) is 11.3 Å². The van der Waals surface area contributed by atoms with E-state index in [0.29, 0.717) is 28.6 Å². The summed E-state index contributed by atoms with van der Waals surface area (Å²) in [6.45, 7) is 4.27. The normalized spacial score (nSPS) is 15.2. The second-order valence-corrected chi connectivity index (χ2v) is 8.67. The highest BCUT2D eigenvalue weighted by atomic mass is 32.1. The molecular weight excluding hydrogens is 476 g/mol. The van der Waals surface area contributed by atoms with Crippen LogP contribution in [0.25, 0.3) is 0 Å². The van der Waals surface area contributed by atoms with Gasteiger partial charge >= 0.3 is 5.97 Å².